The van der Waals surface area contributed by atoms with Gasteiger partial charge in [-0.3, -0.25) is 0 Å². The van der Waals surface area contributed by atoms with Gasteiger partial charge in [0.25, 0.3) is 10.2 Å². The van der Waals surface area contributed by atoms with Gasteiger partial charge in [-0.15, -0.1) is 0 Å². The van der Waals surface area contributed by atoms with Crippen LogP contribution >= 0.6 is 0 Å². The summed E-state index contributed by atoms with van der Waals surface area (Å²) in [6.45, 7) is 5.52. The highest BCUT2D eigenvalue weighted by Gasteiger charge is 2.46. The summed E-state index contributed by atoms with van der Waals surface area (Å²) >= 11 is 0. The lowest BCUT2D eigenvalue weighted by atomic mass is 9.85. The molecule has 24 heavy (non-hydrogen) atoms. The third kappa shape index (κ3) is 2.96. The molecule has 0 radical (unpaired) electrons. The Bertz CT molecular complexity index is 720. The van der Waals surface area contributed by atoms with Gasteiger partial charge in [0.15, 0.2) is 0 Å². The molecule has 0 N–H and O–H groups in total. The number of hydrogen-bond donors (Lipinski definition) is 0. The van der Waals surface area contributed by atoms with Crippen LogP contribution < -0.4 is 0 Å². The van der Waals surface area contributed by atoms with Crippen molar-refractivity contribution in [3.63, 3.8) is 0 Å². The molecule has 0 aromatic carbocycles. The zero-order valence-electron chi connectivity index (χ0n) is 14.8. The predicted octanol–water partition coefficient (Wildman–Crippen LogP) is 1.27. The Hall–Kier alpha value is -1.09. The van der Waals surface area contributed by atoms with E-state index in [1.165, 1.54) is 8.61 Å². The average Bonchev–Trinajstić information content (AvgIpc) is 2.55. The minimum Gasteiger partial charge on any atom is -0.367 e. The van der Waals surface area contributed by atoms with Gasteiger partial charge in [0.2, 0.25) is 0 Å². The molecule has 1 unspecified atom stereocenters. The molecule has 7 nitrogen and oxygen atoms in total. The number of ether oxygens (including phenoxy) is 1. The van der Waals surface area contributed by atoms with E-state index < -0.39 is 15.8 Å². The quantitative estimate of drug-likeness (QED) is 0.817. The number of rotatable bonds is 3. The molecule has 1 aromatic rings. The Morgan fingerprint density at radius 2 is 2.12 bits per heavy atom. The maximum atomic E-state index is 12.6. The van der Waals surface area contributed by atoms with Crippen molar-refractivity contribution in [3.05, 3.63) is 23.3 Å². The molecule has 8 heteroatoms. The van der Waals surface area contributed by atoms with Gasteiger partial charge >= 0.3 is 0 Å². The Kier molecular flexibility index (Phi) is 4.67. The second-order valence-electron chi connectivity index (χ2n) is 7.08. The van der Waals surface area contributed by atoms with Crippen molar-refractivity contribution < 1.29 is 13.2 Å². The molecular weight excluding hydrogens is 328 g/mol. The SMILES string of the molecule is CC(C)c1ncc2c(n1)C1(CCCN(S(=O)(=O)N(C)C)C1)OCC2. The van der Waals surface area contributed by atoms with Gasteiger partial charge in [-0.1, -0.05) is 13.8 Å². The molecule has 0 aliphatic carbocycles. The fourth-order valence-electron chi connectivity index (χ4n) is 3.42. The molecule has 0 bridgehead atoms. The van der Waals surface area contributed by atoms with E-state index in [1.54, 1.807) is 14.1 Å². The predicted molar refractivity (Wildman–Crippen MR) is 90.9 cm³/mol. The summed E-state index contributed by atoms with van der Waals surface area (Å²) in [5.74, 6) is 1.01. The highest BCUT2D eigenvalue weighted by atomic mass is 32.2. The first-order chi connectivity index (χ1) is 11.3. The summed E-state index contributed by atoms with van der Waals surface area (Å²) in [5.41, 5.74) is 1.31. The van der Waals surface area contributed by atoms with E-state index in [-0.39, 0.29) is 5.92 Å². The van der Waals surface area contributed by atoms with Crippen LogP contribution in [-0.2, 0) is 27.0 Å². The van der Waals surface area contributed by atoms with Crippen LogP contribution in [0.2, 0.25) is 0 Å². The topological polar surface area (TPSA) is 75.6 Å². The largest absolute Gasteiger partial charge is 0.367 e. The molecule has 3 heterocycles. The summed E-state index contributed by atoms with van der Waals surface area (Å²) < 4.78 is 34.1. The maximum absolute atomic E-state index is 12.6. The zero-order valence-corrected chi connectivity index (χ0v) is 15.6. The second-order valence-corrected chi connectivity index (χ2v) is 9.22. The van der Waals surface area contributed by atoms with E-state index in [9.17, 15) is 8.42 Å². The molecule has 2 aliphatic rings. The van der Waals surface area contributed by atoms with Crippen LogP contribution in [-0.4, -0.2) is 60.8 Å². The van der Waals surface area contributed by atoms with Crippen molar-refractivity contribution in [1.29, 1.82) is 0 Å². The lowest BCUT2D eigenvalue weighted by molar-refractivity contribution is -0.0941. The van der Waals surface area contributed by atoms with Gasteiger partial charge in [-0.2, -0.15) is 17.0 Å². The fraction of sp³-hybridized carbons (Fsp3) is 0.750. The van der Waals surface area contributed by atoms with E-state index in [2.05, 4.69) is 18.8 Å². The maximum Gasteiger partial charge on any atom is 0.281 e. The first-order valence-corrected chi connectivity index (χ1v) is 9.84. The molecular formula is C16H26N4O3S. The Morgan fingerprint density at radius 3 is 2.79 bits per heavy atom. The molecule has 0 saturated carbocycles. The Balaban J connectivity index is 2.01. The van der Waals surface area contributed by atoms with Crippen LogP contribution in [0.15, 0.2) is 6.20 Å². The van der Waals surface area contributed by atoms with Crippen molar-refractivity contribution in [2.24, 2.45) is 0 Å². The molecule has 1 atom stereocenters. The van der Waals surface area contributed by atoms with Crippen LogP contribution in [0.1, 0.15) is 49.7 Å². The Labute approximate surface area is 144 Å². The molecule has 3 rings (SSSR count). The number of fused-ring (bicyclic) bond motifs is 2. The normalized spacial score (nSPS) is 25.4. The minimum atomic E-state index is -3.46. The van der Waals surface area contributed by atoms with Gasteiger partial charge in [0, 0.05) is 39.3 Å². The highest BCUT2D eigenvalue weighted by Crippen LogP contribution is 2.40. The molecule has 1 fully saturated rings. The molecule has 1 saturated heterocycles. The number of aromatic nitrogens is 2. The summed E-state index contributed by atoms with van der Waals surface area (Å²) in [5, 5.41) is 0. The zero-order chi connectivity index (χ0) is 17.5. The lowest BCUT2D eigenvalue weighted by Crippen LogP contribution is -2.54. The molecule has 2 aliphatic heterocycles. The smallest absolute Gasteiger partial charge is 0.281 e. The van der Waals surface area contributed by atoms with Gasteiger partial charge in [-0.05, 0) is 24.8 Å². The summed E-state index contributed by atoms with van der Waals surface area (Å²) in [4.78, 5) is 9.24. The number of nitrogens with zero attached hydrogens (tertiary/aromatic N) is 4. The second kappa shape index (κ2) is 6.33. The molecule has 1 spiro atoms. The van der Waals surface area contributed by atoms with Crippen molar-refractivity contribution >= 4 is 10.2 Å². The fourth-order valence-corrected chi connectivity index (χ4v) is 4.62. The standard InChI is InChI=1S/C16H26N4O3S/c1-12(2)15-17-10-13-6-9-23-16(14(13)18-15)7-5-8-20(11-16)24(21,22)19(3)4/h10,12H,5-9,11H2,1-4H3. The number of hydrogen-bond acceptors (Lipinski definition) is 5. The third-order valence-corrected chi connectivity index (χ3v) is 6.68. The van der Waals surface area contributed by atoms with E-state index in [0.717, 1.165) is 36.3 Å². The van der Waals surface area contributed by atoms with Gasteiger partial charge in [-0.25, -0.2) is 9.97 Å². The van der Waals surface area contributed by atoms with Gasteiger partial charge < -0.3 is 4.74 Å². The highest BCUT2D eigenvalue weighted by molar-refractivity contribution is 7.86. The summed E-state index contributed by atoms with van der Waals surface area (Å²) in [6.07, 6.45) is 4.21. The van der Waals surface area contributed by atoms with Crippen molar-refractivity contribution in [1.82, 2.24) is 18.6 Å². The van der Waals surface area contributed by atoms with Crippen LogP contribution in [0, 0.1) is 0 Å². The van der Waals surface area contributed by atoms with Crippen LogP contribution in [0.5, 0.6) is 0 Å². The first-order valence-electron chi connectivity index (χ1n) is 8.44. The van der Waals surface area contributed by atoms with Crippen molar-refractivity contribution in [2.45, 2.75) is 44.6 Å². The monoisotopic (exact) mass is 354 g/mol. The summed E-state index contributed by atoms with van der Waals surface area (Å²) in [6, 6.07) is 0. The van der Waals surface area contributed by atoms with E-state index >= 15 is 0 Å². The average molecular weight is 354 g/mol. The minimum absolute atomic E-state index is 0.222. The molecule has 1 aromatic heterocycles. The van der Waals surface area contributed by atoms with Gasteiger partial charge in [0.1, 0.15) is 11.4 Å². The third-order valence-electron chi connectivity index (χ3n) is 4.79. The van der Waals surface area contributed by atoms with Crippen LogP contribution in [0.25, 0.3) is 0 Å². The molecule has 0 amide bonds. The van der Waals surface area contributed by atoms with E-state index in [1.807, 2.05) is 6.20 Å². The first kappa shape index (κ1) is 17.7. The Morgan fingerprint density at radius 1 is 1.38 bits per heavy atom. The van der Waals surface area contributed by atoms with Gasteiger partial charge in [0.05, 0.1) is 12.3 Å². The van der Waals surface area contributed by atoms with Crippen molar-refractivity contribution in [2.75, 3.05) is 33.8 Å². The molecule has 134 valence electrons. The van der Waals surface area contributed by atoms with Crippen LogP contribution in [0.4, 0.5) is 0 Å². The van der Waals surface area contributed by atoms with Crippen molar-refractivity contribution in [3.8, 4) is 0 Å². The lowest BCUT2D eigenvalue weighted by Gasteiger charge is -2.44. The van der Waals surface area contributed by atoms with E-state index in [4.69, 9.17) is 9.72 Å². The van der Waals surface area contributed by atoms with E-state index in [0.29, 0.717) is 19.7 Å². The summed E-state index contributed by atoms with van der Waals surface area (Å²) in [7, 11) is -0.339. The number of piperidine rings is 1. The van der Waals surface area contributed by atoms with Crippen LogP contribution in [0.3, 0.4) is 0 Å².